The van der Waals surface area contributed by atoms with Crippen LogP contribution in [0.25, 0.3) is 12.2 Å². The molecule has 1 rings (SSSR count). The van der Waals surface area contributed by atoms with E-state index in [0.717, 1.165) is 37.0 Å². The molecule has 0 N–H and O–H groups in total. The fourth-order valence-corrected chi connectivity index (χ4v) is 4.19. The van der Waals surface area contributed by atoms with Crippen LogP contribution in [0.15, 0.2) is 30.4 Å². The van der Waals surface area contributed by atoms with Crippen molar-refractivity contribution in [1.29, 1.82) is 0 Å². The van der Waals surface area contributed by atoms with E-state index in [2.05, 4.69) is 46.0 Å². The van der Waals surface area contributed by atoms with Crippen LogP contribution in [0.5, 0.6) is 5.75 Å². The van der Waals surface area contributed by atoms with Gasteiger partial charge in [0.05, 0.1) is 19.8 Å². The molecule has 0 aliphatic rings. The second-order valence-electron chi connectivity index (χ2n) is 10.1. The third-order valence-corrected chi connectivity index (χ3v) is 10.7. The Morgan fingerprint density at radius 2 is 1.67 bits per heavy atom. The lowest BCUT2D eigenvalue weighted by Gasteiger charge is -2.36. The van der Waals surface area contributed by atoms with E-state index < -0.39 is 14.3 Å². The van der Waals surface area contributed by atoms with Crippen LogP contribution in [-0.4, -0.2) is 46.7 Å². The molecule has 0 bridgehead atoms. The van der Waals surface area contributed by atoms with Gasteiger partial charge in [0.1, 0.15) is 5.75 Å². The molecule has 0 saturated heterocycles. The monoisotopic (exact) mass is 518 g/mol. The lowest BCUT2D eigenvalue weighted by Crippen LogP contribution is -2.40. The van der Waals surface area contributed by atoms with E-state index in [-0.39, 0.29) is 11.0 Å². The molecule has 36 heavy (non-hydrogen) atoms. The molecule has 1 aromatic carbocycles. The normalized spacial score (nSPS) is 12.3. The molecule has 0 atom stereocenters. The molecule has 0 aliphatic carbocycles. The molecular weight excluding hydrogens is 472 g/mol. The van der Waals surface area contributed by atoms with Crippen molar-refractivity contribution in [3.05, 3.63) is 41.5 Å². The molecule has 0 aliphatic heterocycles. The Labute approximate surface area is 219 Å². The molecule has 0 spiro atoms. The van der Waals surface area contributed by atoms with E-state index in [1.54, 1.807) is 19.9 Å². The fourth-order valence-electron chi connectivity index (χ4n) is 3.10. The minimum atomic E-state index is -1.69. The Hall–Kier alpha value is -2.38. The van der Waals surface area contributed by atoms with Crippen molar-refractivity contribution in [2.45, 2.75) is 84.9 Å². The van der Waals surface area contributed by atoms with Crippen LogP contribution >= 0.6 is 0 Å². The Morgan fingerprint density at radius 1 is 0.944 bits per heavy atom. The maximum absolute atomic E-state index is 11.9. The molecule has 0 saturated carbocycles. The molecule has 0 amide bonds. The van der Waals surface area contributed by atoms with Gasteiger partial charge in [0.15, 0.2) is 8.32 Å². The topological polar surface area (TPSA) is 71.1 Å². The smallest absolute Gasteiger partial charge is 0.330 e. The van der Waals surface area contributed by atoms with Crippen molar-refractivity contribution >= 4 is 32.4 Å². The number of esters is 2. The molecule has 6 nitrogen and oxygen atoms in total. The first-order valence-electron chi connectivity index (χ1n) is 13.1. The molecule has 0 aromatic heterocycles. The van der Waals surface area contributed by atoms with Gasteiger partial charge in [-0.25, -0.2) is 4.79 Å². The number of carbonyl (C=O) groups excluding carboxylic acids is 2. The van der Waals surface area contributed by atoms with Gasteiger partial charge >= 0.3 is 11.9 Å². The predicted molar refractivity (Wildman–Crippen MR) is 150 cm³/mol. The molecule has 0 heterocycles. The number of ether oxygens (including phenoxy) is 3. The zero-order valence-corrected chi connectivity index (χ0v) is 24.4. The van der Waals surface area contributed by atoms with E-state index in [9.17, 15) is 9.59 Å². The predicted octanol–water partition coefficient (Wildman–Crippen LogP) is 7.19. The summed E-state index contributed by atoms with van der Waals surface area (Å²) in [6, 6.07) is 5.78. The minimum absolute atomic E-state index is 0.227. The van der Waals surface area contributed by atoms with Crippen molar-refractivity contribution in [2.24, 2.45) is 0 Å². The Balaban J connectivity index is 2.77. The highest BCUT2D eigenvalue weighted by atomic mass is 28.4. The molecule has 0 unspecified atom stereocenters. The molecule has 0 fully saturated rings. The fraction of sp³-hybridized carbons (Fsp3) is 0.586. The second-order valence-corrected chi connectivity index (χ2v) is 14.9. The van der Waals surface area contributed by atoms with E-state index >= 15 is 0 Å². The number of hydrogen-bond donors (Lipinski definition) is 0. The maximum Gasteiger partial charge on any atom is 0.330 e. The summed E-state index contributed by atoms with van der Waals surface area (Å²) in [6.45, 7) is 16.8. The summed E-state index contributed by atoms with van der Waals surface area (Å²) in [7, 11) is -1.69. The van der Waals surface area contributed by atoms with Crippen molar-refractivity contribution in [3.63, 3.8) is 0 Å². The third-order valence-electron chi connectivity index (χ3n) is 6.19. The SMILES string of the molecule is CCOC(=O)/C=C/c1c(/C=C/CCCCO[Si](C)(C)C(C)(C)C)cccc1OCCCC(=O)OCC. The van der Waals surface area contributed by atoms with Gasteiger partial charge in [0, 0.05) is 24.7 Å². The maximum atomic E-state index is 11.9. The summed E-state index contributed by atoms with van der Waals surface area (Å²) in [4.78, 5) is 23.5. The first-order chi connectivity index (χ1) is 17.0. The van der Waals surface area contributed by atoms with Crippen LogP contribution in [0.3, 0.4) is 0 Å². The molecular formula is C29H46O6Si. The van der Waals surface area contributed by atoms with E-state index in [4.69, 9.17) is 18.6 Å². The summed E-state index contributed by atoms with van der Waals surface area (Å²) < 4.78 is 22.2. The highest BCUT2D eigenvalue weighted by Gasteiger charge is 2.36. The Kier molecular flexibility index (Phi) is 14.4. The Bertz CT molecular complexity index is 867. The van der Waals surface area contributed by atoms with Crippen molar-refractivity contribution < 1.29 is 28.2 Å². The zero-order chi connectivity index (χ0) is 27.0. The minimum Gasteiger partial charge on any atom is -0.493 e. The van der Waals surface area contributed by atoms with Gasteiger partial charge in [-0.15, -0.1) is 0 Å². The number of carbonyl (C=O) groups is 2. The van der Waals surface area contributed by atoms with Crippen LogP contribution in [-0.2, 0) is 23.5 Å². The van der Waals surface area contributed by atoms with Gasteiger partial charge in [0.2, 0.25) is 0 Å². The summed E-state index contributed by atoms with van der Waals surface area (Å²) >= 11 is 0. The highest BCUT2D eigenvalue weighted by Crippen LogP contribution is 2.36. The van der Waals surface area contributed by atoms with Crippen LogP contribution in [0.2, 0.25) is 18.1 Å². The van der Waals surface area contributed by atoms with Gasteiger partial charge in [-0.2, -0.15) is 0 Å². The van der Waals surface area contributed by atoms with Crippen molar-refractivity contribution in [1.82, 2.24) is 0 Å². The van der Waals surface area contributed by atoms with Crippen molar-refractivity contribution in [3.8, 4) is 5.75 Å². The first-order valence-corrected chi connectivity index (χ1v) is 16.0. The summed E-state index contributed by atoms with van der Waals surface area (Å²) in [5.74, 6) is 0.0329. The summed E-state index contributed by atoms with van der Waals surface area (Å²) in [5.41, 5.74) is 1.76. The summed E-state index contributed by atoms with van der Waals surface area (Å²) in [6.07, 6.45) is 11.2. The van der Waals surface area contributed by atoms with E-state index in [1.807, 2.05) is 18.2 Å². The van der Waals surface area contributed by atoms with Crippen molar-refractivity contribution in [2.75, 3.05) is 26.4 Å². The third kappa shape index (κ3) is 12.0. The van der Waals surface area contributed by atoms with Crippen LogP contribution in [0.1, 0.15) is 77.8 Å². The molecule has 0 radical (unpaired) electrons. The number of hydrogen-bond acceptors (Lipinski definition) is 6. The van der Waals surface area contributed by atoms with Gasteiger partial charge in [-0.3, -0.25) is 4.79 Å². The average Bonchev–Trinajstić information content (AvgIpc) is 2.80. The number of allylic oxidation sites excluding steroid dienone is 1. The lowest BCUT2D eigenvalue weighted by molar-refractivity contribution is -0.143. The number of rotatable bonds is 16. The lowest BCUT2D eigenvalue weighted by atomic mass is 10.0. The number of benzene rings is 1. The summed E-state index contributed by atoms with van der Waals surface area (Å²) in [5, 5.41) is 0.228. The van der Waals surface area contributed by atoms with Crippen LogP contribution in [0.4, 0.5) is 0 Å². The zero-order valence-electron chi connectivity index (χ0n) is 23.4. The van der Waals surface area contributed by atoms with Crippen LogP contribution in [0, 0.1) is 0 Å². The van der Waals surface area contributed by atoms with Gasteiger partial charge in [-0.1, -0.05) is 45.1 Å². The molecule has 7 heteroatoms. The largest absolute Gasteiger partial charge is 0.493 e. The van der Waals surface area contributed by atoms with Crippen LogP contribution < -0.4 is 4.74 Å². The first kappa shape index (κ1) is 31.6. The number of unbranched alkanes of at least 4 members (excludes halogenated alkanes) is 2. The Morgan fingerprint density at radius 3 is 2.33 bits per heavy atom. The molecule has 1 aromatic rings. The van der Waals surface area contributed by atoms with E-state index in [1.165, 1.54) is 6.08 Å². The molecule has 202 valence electrons. The highest BCUT2D eigenvalue weighted by molar-refractivity contribution is 6.74. The van der Waals surface area contributed by atoms with Gasteiger partial charge in [0.25, 0.3) is 0 Å². The van der Waals surface area contributed by atoms with Gasteiger partial charge in [-0.05, 0) is 75.4 Å². The standard InChI is InChI=1S/C29H46O6Si/c1-8-32-27(30)19-15-22-34-26-18-14-17-24(25(26)20-21-28(31)33-9-2)16-12-10-11-13-23-35-36(6,7)29(3,4)5/h12,14,16-18,20-21H,8-11,13,15,19,22-23H2,1-7H3/b16-12+,21-20+. The van der Waals surface area contributed by atoms with Gasteiger partial charge < -0.3 is 18.6 Å². The quantitative estimate of drug-likeness (QED) is 0.0998. The second kappa shape index (κ2) is 16.4. The average molecular weight is 519 g/mol. The van der Waals surface area contributed by atoms with E-state index in [0.29, 0.717) is 38.4 Å².